The molecule has 3 amide bonds. The smallest absolute Gasteiger partial charge is 0.410 e. The van der Waals surface area contributed by atoms with Crippen LogP contribution in [0.5, 0.6) is 0 Å². The normalized spacial score (nSPS) is 15.2. The summed E-state index contributed by atoms with van der Waals surface area (Å²) >= 11 is 1.30. The van der Waals surface area contributed by atoms with Crippen molar-refractivity contribution in [1.29, 1.82) is 0 Å². The third-order valence-electron chi connectivity index (χ3n) is 5.21. The van der Waals surface area contributed by atoms with E-state index in [1.165, 1.54) is 23.2 Å². The number of anilines is 2. The third-order valence-corrected chi connectivity index (χ3v) is 5.97. The summed E-state index contributed by atoms with van der Waals surface area (Å²) < 4.78 is 5.41. The van der Waals surface area contributed by atoms with Gasteiger partial charge in [0.2, 0.25) is 11.8 Å². The molecule has 1 atom stereocenters. The molecule has 1 saturated heterocycles. The van der Waals surface area contributed by atoms with Gasteiger partial charge in [0.25, 0.3) is 0 Å². The Morgan fingerprint density at radius 1 is 1.12 bits per heavy atom. The molecule has 0 saturated carbocycles. The maximum absolute atomic E-state index is 12.9. The SMILES string of the molecule is CC(=O)Nc1cccc(-c2csc(NC(=O)[C@H]3CCCN3C(=O)OCc3ccccc3)n2)c1. The van der Waals surface area contributed by atoms with Gasteiger partial charge in [-0.1, -0.05) is 42.5 Å². The average Bonchev–Trinajstić information content (AvgIpc) is 3.48. The van der Waals surface area contributed by atoms with Crippen molar-refractivity contribution in [2.24, 2.45) is 0 Å². The van der Waals surface area contributed by atoms with E-state index in [2.05, 4.69) is 15.6 Å². The van der Waals surface area contributed by atoms with Crippen molar-refractivity contribution in [2.45, 2.75) is 32.4 Å². The number of rotatable bonds is 6. The van der Waals surface area contributed by atoms with Crippen molar-refractivity contribution in [3.8, 4) is 11.3 Å². The zero-order valence-electron chi connectivity index (χ0n) is 18.1. The van der Waals surface area contributed by atoms with Crippen LogP contribution in [0.25, 0.3) is 11.3 Å². The number of nitrogens with zero attached hydrogens (tertiary/aromatic N) is 2. The van der Waals surface area contributed by atoms with Gasteiger partial charge in [0.05, 0.1) is 5.69 Å². The van der Waals surface area contributed by atoms with Crippen LogP contribution in [0.15, 0.2) is 60.0 Å². The number of carbonyl (C=O) groups excluding carboxylic acids is 3. The monoisotopic (exact) mass is 464 g/mol. The minimum absolute atomic E-state index is 0.151. The summed E-state index contributed by atoms with van der Waals surface area (Å²) in [6, 6.07) is 16.2. The molecule has 2 aromatic carbocycles. The van der Waals surface area contributed by atoms with Gasteiger partial charge in [0.1, 0.15) is 12.6 Å². The number of thiazole rings is 1. The lowest BCUT2D eigenvalue weighted by atomic mass is 10.1. The topological polar surface area (TPSA) is 101 Å². The number of carbonyl (C=O) groups is 3. The fraction of sp³-hybridized carbons (Fsp3) is 0.250. The molecule has 4 rings (SSSR count). The Bertz CT molecular complexity index is 1150. The van der Waals surface area contributed by atoms with E-state index >= 15 is 0 Å². The molecule has 1 aromatic heterocycles. The average molecular weight is 465 g/mol. The number of aromatic nitrogens is 1. The quantitative estimate of drug-likeness (QED) is 0.559. The van der Waals surface area contributed by atoms with Crippen LogP contribution in [0.2, 0.25) is 0 Å². The lowest BCUT2D eigenvalue weighted by Crippen LogP contribution is -2.43. The van der Waals surface area contributed by atoms with Crippen LogP contribution in [0.4, 0.5) is 15.6 Å². The summed E-state index contributed by atoms with van der Waals surface area (Å²) in [5.74, 6) is -0.432. The number of amides is 3. The molecule has 1 aliphatic rings. The van der Waals surface area contributed by atoms with Crippen LogP contribution >= 0.6 is 11.3 Å². The minimum Gasteiger partial charge on any atom is -0.445 e. The van der Waals surface area contributed by atoms with Crippen LogP contribution in [-0.2, 0) is 20.9 Å². The Hall–Kier alpha value is -3.72. The summed E-state index contributed by atoms with van der Waals surface area (Å²) in [7, 11) is 0. The fourth-order valence-electron chi connectivity index (χ4n) is 3.67. The van der Waals surface area contributed by atoms with Crippen LogP contribution in [0, 0.1) is 0 Å². The van der Waals surface area contributed by atoms with E-state index in [1.54, 1.807) is 6.07 Å². The second kappa shape index (κ2) is 10.3. The molecule has 0 radical (unpaired) electrons. The third kappa shape index (κ3) is 5.75. The number of ether oxygens (including phenoxy) is 1. The Kier molecular flexibility index (Phi) is 6.99. The van der Waals surface area contributed by atoms with E-state index < -0.39 is 12.1 Å². The first-order chi connectivity index (χ1) is 16.0. The molecule has 170 valence electrons. The van der Waals surface area contributed by atoms with Gasteiger partial charge in [-0.25, -0.2) is 9.78 Å². The Morgan fingerprint density at radius 3 is 2.73 bits per heavy atom. The largest absolute Gasteiger partial charge is 0.445 e. The Morgan fingerprint density at radius 2 is 1.94 bits per heavy atom. The molecule has 1 aliphatic heterocycles. The molecule has 0 spiro atoms. The molecule has 2 N–H and O–H groups in total. The van der Waals surface area contributed by atoms with E-state index in [9.17, 15) is 14.4 Å². The van der Waals surface area contributed by atoms with E-state index in [1.807, 2.05) is 53.9 Å². The number of hydrogen-bond donors (Lipinski definition) is 2. The van der Waals surface area contributed by atoms with Gasteiger partial charge >= 0.3 is 6.09 Å². The summed E-state index contributed by atoms with van der Waals surface area (Å²) in [6.07, 6.45) is 0.812. The van der Waals surface area contributed by atoms with Gasteiger partial charge in [-0.15, -0.1) is 11.3 Å². The zero-order chi connectivity index (χ0) is 23.2. The molecule has 33 heavy (non-hydrogen) atoms. The molecule has 1 fully saturated rings. The molecule has 3 aromatic rings. The first kappa shape index (κ1) is 22.5. The van der Waals surface area contributed by atoms with Crippen LogP contribution in [-0.4, -0.2) is 40.4 Å². The van der Waals surface area contributed by atoms with Gasteiger partial charge in [0, 0.05) is 30.1 Å². The minimum atomic E-state index is -0.594. The van der Waals surface area contributed by atoms with Gasteiger partial charge in [0.15, 0.2) is 5.13 Å². The first-order valence-corrected chi connectivity index (χ1v) is 11.5. The number of nitrogens with one attached hydrogen (secondary N) is 2. The van der Waals surface area contributed by atoms with E-state index in [4.69, 9.17) is 4.74 Å². The standard InChI is InChI=1S/C24H24N4O4S/c1-16(29)25-19-10-5-9-18(13-19)20-15-33-23(26-20)27-22(30)21-11-6-12-28(21)24(31)32-14-17-7-3-2-4-8-17/h2-5,7-10,13,15,21H,6,11-12,14H2,1H3,(H,25,29)(H,26,27,30)/t21-/m1/s1. The highest BCUT2D eigenvalue weighted by Crippen LogP contribution is 2.28. The van der Waals surface area contributed by atoms with E-state index in [0.29, 0.717) is 29.5 Å². The highest BCUT2D eigenvalue weighted by Gasteiger charge is 2.35. The highest BCUT2D eigenvalue weighted by molar-refractivity contribution is 7.14. The summed E-state index contributed by atoms with van der Waals surface area (Å²) in [5, 5.41) is 7.86. The molecular weight excluding hydrogens is 440 g/mol. The van der Waals surface area contributed by atoms with Crippen LogP contribution < -0.4 is 10.6 Å². The first-order valence-electron chi connectivity index (χ1n) is 10.6. The number of likely N-dealkylation sites (tertiary alicyclic amines) is 1. The summed E-state index contributed by atoms with van der Waals surface area (Å²) in [5.41, 5.74) is 3.08. The lowest BCUT2D eigenvalue weighted by molar-refractivity contribution is -0.120. The second-order valence-electron chi connectivity index (χ2n) is 7.68. The molecule has 8 nitrogen and oxygen atoms in total. The fourth-order valence-corrected chi connectivity index (χ4v) is 4.39. The van der Waals surface area contributed by atoms with E-state index in [0.717, 1.165) is 17.5 Å². The van der Waals surface area contributed by atoms with E-state index in [-0.39, 0.29) is 18.4 Å². The predicted octanol–water partition coefficient (Wildman–Crippen LogP) is 4.51. The summed E-state index contributed by atoms with van der Waals surface area (Å²) in [4.78, 5) is 42.7. The van der Waals surface area contributed by atoms with Crippen molar-refractivity contribution in [1.82, 2.24) is 9.88 Å². The van der Waals surface area contributed by atoms with Gasteiger partial charge < -0.3 is 15.4 Å². The molecule has 0 aliphatic carbocycles. The Labute approximate surface area is 195 Å². The Balaban J connectivity index is 1.37. The maximum atomic E-state index is 12.9. The second-order valence-corrected chi connectivity index (χ2v) is 8.54. The van der Waals surface area contributed by atoms with Gasteiger partial charge in [-0.2, -0.15) is 0 Å². The van der Waals surface area contributed by atoms with Crippen LogP contribution in [0.3, 0.4) is 0 Å². The zero-order valence-corrected chi connectivity index (χ0v) is 18.9. The molecule has 2 heterocycles. The maximum Gasteiger partial charge on any atom is 0.410 e. The molecular formula is C24H24N4O4S. The summed E-state index contributed by atoms with van der Waals surface area (Å²) in [6.45, 7) is 2.09. The predicted molar refractivity (Wildman–Crippen MR) is 127 cm³/mol. The van der Waals surface area contributed by atoms with Crippen molar-refractivity contribution >= 4 is 40.1 Å². The van der Waals surface area contributed by atoms with Crippen molar-refractivity contribution in [3.63, 3.8) is 0 Å². The molecule has 0 unspecified atom stereocenters. The van der Waals surface area contributed by atoms with Crippen molar-refractivity contribution in [2.75, 3.05) is 17.2 Å². The molecule has 0 bridgehead atoms. The number of benzene rings is 2. The lowest BCUT2D eigenvalue weighted by Gasteiger charge is -2.22. The highest BCUT2D eigenvalue weighted by atomic mass is 32.1. The van der Waals surface area contributed by atoms with Crippen LogP contribution in [0.1, 0.15) is 25.3 Å². The number of hydrogen-bond acceptors (Lipinski definition) is 6. The van der Waals surface area contributed by atoms with Crippen molar-refractivity contribution in [3.05, 3.63) is 65.5 Å². The molecule has 9 heteroatoms. The van der Waals surface area contributed by atoms with Gasteiger partial charge in [-0.05, 0) is 30.5 Å². The van der Waals surface area contributed by atoms with Crippen molar-refractivity contribution < 1.29 is 19.1 Å². The van der Waals surface area contributed by atoms with Gasteiger partial charge in [-0.3, -0.25) is 14.5 Å².